The van der Waals surface area contributed by atoms with Gasteiger partial charge in [0.05, 0.1) is 5.75 Å². The standard InChI is InChI=1S/C20H18N2O3S2/c23-17(15-6-5-13-3-1-2-4-14(13)9-15)10-25-18(24)11-27-20-16-7-8-26-19(16)21-12-22-20/h5-9,12H,1-4,10-11H2. The van der Waals surface area contributed by atoms with Crippen LogP contribution in [0.2, 0.25) is 0 Å². The fourth-order valence-corrected chi connectivity index (χ4v) is 4.76. The smallest absolute Gasteiger partial charge is 0.316 e. The van der Waals surface area contributed by atoms with Crippen LogP contribution in [0.5, 0.6) is 0 Å². The van der Waals surface area contributed by atoms with Gasteiger partial charge in [0.15, 0.2) is 12.4 Å². The lowest BCUT2D eigenvalue weighted by Gasteiger charge is -2.16. The highest BCUT2D eigenvalue weighted by molar-refractivity contribution is 8.00. The minimum Gasteiger partial charge on any atom is -0.457 e. The molecular formula is C20H18N2O3S2. The molecule has 4 rings (SSSR count). The van der Waals surface area contributed by atoms with Crippen LogP contribution in [0.15, 0.2) is 41.0 Å². The van der Waals surface area contributed by atoms with Gasteiger partial charge in [0.25, 0.3) is 0 Å². The third-order valence-corrected chi connectivity index (χ3v) is 6.39. The monoisotopic (exact) mass is 398 g/mol. The predicted molar refractivity (Wildman–Crippen MR) is 107 cm³/mol. The Hall–Kier alpha value is -2.25. The van der Waals surface area contributed by atoms with Crippen molar-refractivity contribution in [2.75, 3.05) is 12.4 Å². The topological polar surface area (TPSA) is 69.2 Å². The minimum atomic E-state index is -0.423. The van der Waals surface area contributed by atoms with Crippen molar-refractivity contribution >= 4 is 45.1 Å². The van der Waals surface area contributed by atoms with Crippen molar-refractivity contribution in [3.05, 3.63) is 52.7 Å². The molecule has 0 bridgehead atoms. The number of thiophene rings is 1. The molecule has 0 unspecified atom stereocenters. The van der Waals surface area contributed by atoms with E-state index in [-0.39, 0.29) is 18.1 Å². The van der Waals surface area contributed by atoms with Crippen molar-refractivity contribution in [3.8, 4) is 0 Å². The summed E-state index contributed by atoms with van der Waals surface area (Å²) in [5.74, 6) is -0.475. The first-order valence-corrected chi connectivity index (χ1v) is 10.7. The van der Waals surface area contributed by atoms with Gasteiger partial charge >= 0.3 is 5.97 Å². The first kappa shape index (κ1) is 18.1. The fraction of sp³-hybridized carbons (Fsp3) is 0.300. The summed E-state index contributed by atoms with van der Waals surface area (Å²) in [5, 5.41) is 3.63. The van der Waals surface area contributed by atoms with E-state index in [2.05, 4.69) is 9.97 Å². The van der Waals surface area contributed by atoms with Crippen molar-refractivity contribution in [1.29, 1.82) is 0 Å². The van der Waals surface area contributed by atoms with Crippen molar-refractivity contribution in [1.82, 2.24) is 9.97 Å². The first-order valence-electron chi connectivity index (χ1n) is 8.82. The summed E-state index contributed by atoms with van der Waals surface area (Å²) < 4.78 is 5.17. The molecule has 0 spiro atoms. The number of ether oxygens (including phenoxy) is 1. The van der Waals surface area contributed by atoms with Crippen LogP contribution in [-0.4, -0.2) is 34.1 Å². The second-order valence-corrected chi connectivity index (χ2v) is 8.24. The van der Waals surface area contributed by atoms with E-state index in [0.717, 1.165) is 34.5 Å². The molecule has 0 fully saturated rings. The summed E-state index contributed by atoms with van der Waals surface area (Å²) in [5.41, 5.74) is 3.19. The molecule has 0 radical (unpaired) electrons. The Kier molecular flexibility index (Phi) is 5.50. The van der Waals surface area contributed by atoms with Gasteiger partial charge in [-0.2, -0.15) is 0 Å². The lowest BCUT2D eigenvalue weighted by atomic mass is 9.90. The van der Waals surface area contributed by atoms with Gasteiger partial charge in [0.2, 0.25) is 0 Å². The van der Waals surface area contributed by atoms with E-state index in [1.54, 1.807) is 0 Å². The fourth-order valence-electron chi connectivity index (χ4n) is 3.19. The Morgan fingerprint density at radius 2 is 1.96 bits per heavy atom. The molecule has 2 aromatic heterocycles. The lowest BCUT2D eigenvalue weighted by Crippen LogP contribution is -2.16. The Balaban J connectivity index is 1.31. The molecule has 0 N–H and O–H groups in total. The van der Waals surface area contributed by atoms with Gasteiger partial charge in [0, 0.05) is 10.9 Å². The molecular weight excluding hydrogens is 380 g/mol. The molecule has 138 valence electrons. The number of benzene rings is 1. The van der Waals surface area contributed by atoms with Gasteiger partial charge < -0.3 is 4.74 Å². The number of Topliss-reactive ketones (excluding diaryl/α,β-unsaturated/α-hetero) is 1. The Labute approximate surface area is 165 Å². The third-order valence-electron chi connectivity index (χ3n) is 4.59. The number of ketones is 1. The minimum absolute atomic E-state index is 0.111. The van der Waals surface area contributed by atoms with E-state index in [1.807, 2.05) is 29.6 Å². The molecule has 27 heavy (non-hydrogen) atoms. The van der Waals surface area contributed by atoms with Crippen LogP contribution in [0.4, 0.5) is 0 Å². The zero-order chi connectivity index (χ0) is 18.6. The number of hydrogen-bond donors (Lipinski definition) is 0. The van der Waals surface area contributed by atoms with E-state index < -0.39 is 5.97 Å². The number of fused-ring (bicyclic) bond motifs is 2. The maximum Gasteiger partial charge on any atom is 0.316 e. The molecule has 0 saturated carbocycles. The average molecular weight is 399 g/mol. The van der Waals surface area contributed by atoms with Crippen LogP contribution in [0.1, 0.15) is 34.3 Å². The summed E-state index contributed by atoms with van der Waals surface area (Å²) in [6.45, 7) is -0.226. The highest BCUT2D eigenvalue weighted by Crippen LogP contribution is 2.27. The van der Waals surface area contributed by atoms with Crippen LogP contribution < -0.4 is 0 Å². The summed E-state index contributed by atoms with van der Waals surface area (Å²) >= 11 is 2.83. The number of thioether (sulfide) groups is 1. The first-order chi connectivity index (χ1) is 13.2. The molecule has 0 saturated heterocycles. The van der Waals surface area contributed by atoms with E-state index in [4.69, 9.17) is 4.74 Å². The number of nitrogens with zero attached hydrogens (tertiary/aromatic N) is 2. The zero-order valence-corrected chi connectivity index (χ0v) is 16.3. The van der Waals surface area contributed by atoms with Crippen LogP contribution in [-0.2, 0) is 22.4 Å². The largest absolute Gasteiger partial charge is 0.457 e. The van der Waals surface area contributed by atoms with E-state index in [9.17, 15) is 9.59 Å². The van der Waals surface area contributed by atoms with Crippen molar-refractivity contribution in [2.24, 2.45) is 0 Å². The molecule has 1 aromatic carbocycles. The second kappa shape index (κ2) is 8.19. The van der Waals surface area contributed by atoms with Gasteiger partial charge in [-0.15, -0.1) is 11.3 Å². The van der Waals surface area contributed by atoms with Crippen LogP contribution in [0.3, 0.4) is 0 Å². The molecule has 5 nitrogen and oxygen atoms in total. The Bertz CT molecular complexity index is 1000. The predicted octanol–water partition coefficient (Wildman–Crippen LogP) is 4.09. The Morgan fingerprint density at radius 1 is 1.11 bits per heavy atom. The molecule has 1 aliphatic carbocycles. The quantitative estimate of drug-likeness (QED) is 0.270. The maximum atomic E-state index is 12.3. The van der Waals surface area contributed by atoms with E-state index in [0.29, 0.717) is 5.56 Å². The number of aromatic nitrogens is 2. The van der Waals surface area contributed by atoms with Crippen molar-refractivity contribution < 1.29 is 14.3 Å². The zero-order valence-electron chi connectivity index (χ0n) is 14.6. The highest BCUT2D eigenvalue weighted by atomic mass is 32.2. The van der Waals surface area contributed by atoms with E-state index in [1.165, 1.54) is 47.0 Å². The number of esters is 1. The average Bonchev–Trinajstić information content (AvgIpc) is 3.19. The molecule has 0 amide bonds. The highest BCUT2D eigenvalue weighted by Gasteiger charge is 2.15. The van der Waals surface area contributed by atoms with Crippen molar-refractivity contribution in [2.45, 2.75) is 30.7 Å². The van der Waals surface area contributed by atoms with Gasteiger partial charge in [-0.25, -0.2) is 9.97 Å². The molecule has 0 aliphatic heterocycles. The summed E-state index contributed by atoms with van der Waals surface area (Å²) in [6, 6.07) is 7.75. The number of carbonyl (C=O) groups is 2. The maximum absolute atomic E-state index is 12.3. The summed E-state index contributed by atoms with van der Waals surface area (Å²) in [7, 11) is 0. The molecule has 3 aromatic rings. The SMILES string of the molecule is O=C(CSc1ncnc2sccc12)OCC(=O)c1ccc2c(c1)CCCC2. The Morgan fingerprint density at radius 3 is 2.85 bits per heavy atom. The second-order valence-electron chi connectivity index (χ2n) is 6.38. The number of aryl methyl sites for hydroxylation is 2. The van der Waals surface area contributed by atoms with Crippen LogP contribution in [0, 0.1) is 0 Å². The normalized spacial score (nSPS) is 13.3. The lowest BCUT2D eigenvalue weighted by molar-refractivity contribution is -0.139. The number of carbonyl (C=O) groups excluding carboxylic acids is 2. The summed E-state index contributed by atoms with van der Waals surface area (Å²) in [4.78, 5) is 33.7. The van der Waals surface area contributed by atoms with Crippen LogP contribution >= 0.6 is 23.1 Å². The van der Waals surface area contributed by atoms with Crippen LogP contribution in [0.25, 0.3) is 10.2 Å². The molecule has 7 heteroatoms. The number of hydrogen-bond acceptors (Lipinski definition) is 7. The van der Waals surface area contributed by atoms with Crippen molar-refractivity contribution in [3.63, 3.8) is 0 Å². The van der Waals surface area contributed by atoms with E-state index >= 15 is 0 Å². The molecule has 2 heterocycles. The summed E-state index contributed by atoms with van der Waals surface area (Å²) in [6.07, 6.45) is 5.96. The van der Waals surface area contributed by atoms with Gasteiger partial charge in [-0.1, -0.05) is 23.9 Å². The third kappa shape index (κ3) is 4.20. The molecule has 0 atom stereocenters. The van der Waals surface area contributed by atoms with Gasteiger partial charge in [-0.3, -0.25) is 9.59 Å². The number of rotatable bonds is 6. The van der Waals surface area contributed by atoms with Gasteiger partial charge in [-0.05, 0) is 54.3 Å². The molecule has 1 aliphatic rings. The van der Waals surface area contributed by atoms with Gasteiger partial charge in [0.1, 0.15) is 16.2 Å².